The molecule has 2 aromatic rings. The molecule has 0 saturated carbocycles. The van der Waals surface area contributed by atoms with Gasteiger partial charge in [0, 0.05) is 23.2 Å². The number of carbonyl (C=O) groups is 1. The lowest BCUT2D eigenvalue weighted by Gasteiger charge is -2.23. The summed E-state index contributed by atoms with van der Waals surface area (Å²) in [5.74, 6) is 1.48. The van der Waals surface area contributed by atoms with Crippen LogP contribution in [-0.4, -0.2) is 24.3 Å². The van der Waals surface area contributed by atoms with Gasteiger partial charge in [-0.15, -0.1) is 0 Å². The highest BCUT2D eigenvalue weighted by Crippen LogP contribution is 2.33. The Balaban J connectivity index is 1.74. The van der Waals surface area contributed by atoms with Gasteiger partial charge in [-0.05, 0) is 61.7 Å². The Morgan fingerprint density at radius 3 is 2.52 bits per heavy atom. The van der Waals surface area contributed by atoms with Gasteiger partial charge in [0.1, 0.15) is 0 Å². The highest BCUT2D eigenvalue weighted by molar-refractivity contribution is 9.10. The third-order valence-electron chi connectivity index (χ3n) is 4.21. The van der Waals surface area contributed by atoms with E-state index in [1.54, 1.807) is 4.90 Å². The fraction of sp³-hybridized carbons (Fsp3) is 0.316. The van der Waals surface area contributed by atoms with Crippen LogP contribution < -0.4 is 14.8 Å². The van der Waals surface area contributed by atoms with E-state index < -0.39 is 0 Å². The molecule has 0 spiro atoms. The predicted octanol–water partition coefficient (Wildman–Crippen LogP) is 4.85. The number of halogens is 1. The molecule has 1 aliphatic heterocycles. The van der Waals surface area contributed by atoms with Crippen LogP contribution in [0.5, 0.6) is 11.5 Å². The summed E-state index contributed by atoms with van der Waals surface area (Å²) in [5.41, 5.74) is 3.92. The maximum atomic E-state index is 12.7. The molecule has 0 aromatic heterocycles. The number of urea groups is 1. The smallest absolute Gasteiger partial charge is 0.322 e. The molecule has 25 heavy (non-hydrogen) atoms. The van der Waals surface area contributed by atoms with E-state index in [4.69, 9.17) is 9.47 Å². The Morgan fingerprint density at radius 1 is 1.16 bits per heavy atom. The van der Waals surface area contributed by atoms with Crippen LogP contribution in [0, 0.1) is 13.8 Å². The number of carbonyl (C=O) groups excluding carboxylic acids is 1. The van der Waals surface area contributed by atoms with E-state index in [-0.39, 0.29) is 12.8 Å². The average Bonchev–Trinajstić information content (AvgIpc) is 3.03. The Bertz CT molecular complexity index is 784. The van der Waals surface area contributed by atoms with Gasteiger partial charge in [0.25, 0.3) is 0 Å². The summed E-state index contributed by atoms with van der Waals surface area (Å²) in [4.78, 5) is 14.5. The van der Waals surface area contributed by atoms with Gasteiger partial charge in [0.2, 0.25) is 6.79 Å². The minimum absolute atomic E-state index is 0.117. The summed E-state index contributed by atoms with van der Waals surface area (Å²) in [6, 6.07) is 9.64. The zero-order chi connectivity index (χ0) is 18.0. The molecule has 132 valence electrons. The number of amides is 2. The van der Waals surface area contributed by atoms with Gasteiger partial charge in [-0.25, -0.2) is 4.79 Å². The summed E-state index contributed by atoms with van der Waals surface area (Å²) in [6.07, 6.45) is 0. The van der Waals surface area contributed by atoms with Crippen LogP contribution in [0.2, 0.25) is 0 Å². The fourth-order valence-electron chi connectivity index (χ4n) is 2.88. The van der Waals surface area contributed by atoms with Crippen LogP contribution in [0.3, 0.4) is 0 Å². The third kappa shape index (κ3) is 3.90. The van der Waals surface area contributed by atoms with Crippen LogP contribution >= 0.6 is 15.9 Å². The molecule has 0 aliphatic carbocycles. The Labute approximate surface area is 156 Å². The van der Waals surface area contributed by atoms with Gasteiger partial charge >= 0.3 is 6.03 Å². The lowest BCUT2D eigenvalue weighted by molar-refractivity contribution is 0.174. The van der Waals surface area contributed by atoms with Gasteiger partial charge in [0.15, 0.2) is 11.5 Å². The minimum atomic E-state index is -0.117. The number of hydrogen-bond acceptors (Lipinski definition) is 3. The normalized spacial score (nSPS) is 12.2. The highest BCUT2D eigenvalue weighted by atomic mass is 79.9. The fourth-order valence-corrected chi connectivity index (χ4v) is 3.57. The summed E-state index contributed by atoms with van der Waals surface area (Å²) in [5, 5.41) is 3.04. The van der Waals surface area contributed by atoms with Gasteiger partial charge in [0.05, 0.1) is 0 Å². The Morgan fingerprint density at radius 2 is 1.84 bits per heavy atom. The second-order valence-electron chi connectivity index (χ2n) is 6.05. The van der Waals surface area contributed by atoms with E-state index in [9.17, 15) is 4.79 Å². The molecule has 1 N–H and O–H groups in total. The van der Waals surface area contributed by atoms with Crippen LogP contribution in [-0.2, 0) is 6.54 Å². The van der Waals surface area contributed by atoms with Crippen molar-refractivity contribution in [2.75, 3.05) is 18.7 Å². The van der Waals surface area contributed by atoms with Gasteiger partial charge in [-0.3, -0.25) is 0 Å². The number of rotatable bonds is 4. The van der Waals surface area contributed by atoms with Crippen molar-refractivity contribution in [2.45, 2.75) is 27.3 Å². The van der Waals surface area contributed by atoms with Gasteiger partial charge in [-0.1, -0.05) is 22.0 Å². The maximum absolute atomic E-state index is 12.7. The summed E-state index contributed by atoms with van der Waals surface area (Å²) in [6.45, 7) is 7.30. The number of benzene rings is 2. The molecule has 2 amide bonds. The van der Waals surface area contributed by atoms with Crippen molar-refractivity contribution in [3.05, 3.63) is 51.5 Å². The van der Waals surface area contributed by atoms with E-state index in [1.165, 1.54) is 0 Å². The molecule has 0 fully saturated rings. The number of nitrogens with zero attached hydrogens (tertiary/aromatic N) is 1. The monoisotopic (exact) mass is 404 g/mol. The molecule has 3 rings (SSSR count). The summed E-state index contributed by atoms with van der Waals surface area (Å²) >= 11 is 3.48. The number of ether oxygens (including phenoxy) is 2. The van der Waals surface area contributed by atoms with Crippen LogP contribution in [0.4, 0.5) is 10.5 Å². The molecule has 0 radical (unpaired) electrons. The zero-order valence-corrected chi connectivity index (χ0v) is 16.1. The third-order valence-corrected chi connectivity index (χ3v) is 4.67. The number of nitrogens with one attached hydrogen (secondary N) is 1. The van der Waals surface area contributed by atoms with Crippen molar-refractivity contribution < 1.29 is 14.3 Å². The summed E-state index contributed by atoms with van der Waals surface area (Å²) < 4.78 is 11.7. The molecule has 0 atom stereocenters. The zero-order valence-electron chi connectivity index (χ0n) is 14.6. The highest BCUT2D eigenvalue weighted by Gasteiger charge is 2.18. The topological polar surface area (TPSA) is 50.8 Å². The molecular weight excluding hydrogens is 384 g/mol. The molecule has 1 aliphatic rings. The van der Waals surface area contributed by atoms with Gasteiger partial charge < -0.3 is 19.7 Å². The Kier molecular flexibility index (Phi) is 5.18. The van der Waals surface area contributed by atoms with Crippen molar-refractivity contribution in [3.63, 3.8) is 0 Å². The standard InChI is InChI=1S/C19H21BrN2O3/c1-4-22(10-14-5-6-16-17(9-14)25-11-24-16)19(23)21-18-12(2)7-15(20)8-13(18)3/h5-9H,4,10-11H2,1-3H3,(H,21,23). The second-order valence-corrected chi connectivity index (χ2v) is 6.96. The first-order valence-corrected chi connectivity index (χ1v) is 8.98. The molecule has 5 nitrogen and oxygen atoms in total. The van der Waals surface area contributed by atoms with Crippen molar-refractivity contribution >= 4 is 27.6 Å². The first kappa shape index (κ1) is 17.6. The Hall–Kier alpha value is -2.21. The van der Waals surface area contributed by atoms with Crippen molar-refractivity contribution in [3.8, 4) is 11.5 Å². The number of anilines is 1. The van der Waals surface area contributed by atoms with Crippen LogP contribution in [0.25, 0.3) is 0 Å². The quantitative estimate of drug-likeness (QED) is 0.792. The molecule has 0 saturated heterocycles. The second kappa shape index (κ2) is 7.35. The number of hydrogen-bond donors (Lipinski definition) is 1. The van der Waals surface area contributed by atoms with Crippen molar-refractivity contribution in [1.82, 2.24) is 4.90 Å². The molecule has 6 heteroatoms. The molecule has 2 aromatic carbocycles. The molecule has 1 heterocycles. The lowest BCUT2D eigenvalue weighted by atomic mass is 10.1. The molecular formula is C19H21BrN2O3. The SMILES string of the molecule is CCN(Cc1ccc2c(c1)OCO2)C(=O)Nc1c(C)cc(Br)cc1C. The maximum Gasteiger partial charge on any atom is 0.322 e. The minimum Gasteiger partial charge on any atom is -0.454 e. The van der Waals surface area contributed by atoms with E-state index in [2.05, 4.69) is 21.2 Å². The van der Waals surface area contributed by atoms with Crippen molar-refractivity contribution in [2.24, 2.45) is 0 Å². The number of aryl methyl sites for hydroxylation is 2. The van der Waals surface area contributed by atoms with Gasteiger partial charge in [-0.2, -0.15) is 0 Å². The van der Waals surface area contributed by atoms with E-state index in [1.807, 2.05) is 51.1 Å². The molecule has 0 bridgehead atoms. The first-order valence-electron chi connectivity index (χ1n) is 8.19. The van der Waals surface area contributed by atoms with E-state index in [0.29, 0.717) is 13.1 Å². The lowest BCUT2D eigenvalue weighted by Crippen LogP contribution is -2.34. The van der Waals surface area contributed by atoms with Crippen molar-refractivity contribution in [1.29, 1.82) is 0 Å². The van der Waals surface area contributed by atoms with Crippen LogP contribution in [0.1, 0.15) is 23.6 Å². The number of fused-ring (bicyclic) bond motifs is 1. The van der Waals surface area contributed by atoms with E-state index >= 15 is 0 Å². The predicted molar refractivity (Wildman–Crippen MR) is 101 cm³/mol. The van der Waals surface area contributed by atoms with Crippen LogP contribution in [0.15, 0.2) is 34.8 Å². The average molecular weight is 405 g/mol. The van der Waals surface area contributed by atoms with E-state index in [0.717, 1.165) is 38.3 Å². The largest absolute Gasteiger partial charge is 0.454 e. The first-order chi connectivity index (χ1) is 12.0. The summed E-state index contributed by atoms with van der Waals surface area (Å²) in [7, 11) is 0. The molecule has 0 unspecified atom stereocenters.